The molecule has 0 bridgehead atoms. The molecule has 42 heavy (non-hydrogen) atoms. The van der Waals surface area contributed by atoms with Crippen molar-refractivity contribution < 1.29 is 18.7 Å². The van der Waals surface area contributed by atoms with Crippen molar-refractivity contribution in [2.75, 3.05) is 13.7 Å². The number of Topliss-reactive ketones (excluding diaryl/α,β-unsaturated/α-hetero) is 1. The lowest BCUT2D eigenvalue weighted by Gasteiger charge is -2.28. The highest BCUT2D eigenvalue weighted by Gasteiger charge is 2.36. The third-order valence-electron chi connectivity index (χ3n) is 7.07. The average Bonchev–Trinajstić information content (AvgIpc) is 3.58. The number of nitrogens with zero attached hydrogens (tertiary/aromatic N) is 6. The number of hydrogen-bond donors (Lipinski definition) is 0. The van der Waals surface area contributed by atoms with Gasteiger partial charge in [-0.3, -0.25) is 14.2 Å². The number of fused-ring (bicyclic) bond motifs is 1. The predicted molar refractivity (Wildman–Crippen MR) is 156 cm³/mol. The van der Waals surface area contributed by atoms with Crippen LogP contribution in [-0.4, -0.2) is 43.4 Å². The van der Waals surface area contributed by atoms with Crippen LogP contribution in [0.15, 0.2) is 40.4 Å². The summed E-state index contributed by atoms with van der Waals surface area (Å²) in [4.78, 5) is 46.1. The number of methoxy groups -OCH3 is 1. The Morgan fingerprint density at radius 3 is 2.62 bits per heavy atom. The lowest BCUT2D eigenvalue weighted by Crippen LogP contribution is -2.53. The molecule has 1 atom stereocenters. The van der Waals surface area contributed by atoms with Gasteiger partial charge in [0.1, 0.15) is 45.7 Å². The Labute approximate surface area is 245 Å². The Hall–Kier alpha value is -4.15. The molecule has 13 heteroatoms. The molecule has 0 spiro atoms. The van der Waals surface area contributed by atoms with Crippen molar-refractivity contribution in [2.45, 2.75) is 65.6 Å². The summed E-state index contributed by atoms with van der Waals surface area (Å²) in [7, 11) is 1.43. The van der Waals surface area contributed by atoms with Crippen molar-refractivity contribution in [1.82, 2.24) is 23.9 Å². The zero-order valence-electron chi connectivity index (χ0n) is 24.4. The molecule has 0 saturated heterocycles. The molecule has 0 saturated carbocycles. The Morgan fingerprint density at radius 2 is 2.00 bits per heavy atom. The summed E-state index contributed by atoms with van der Waals surface area (Å²) in [6, 6.07) is 5.97. The van der Waals surface area contributed by atoms with Crippen molar-refractivity contribution in [3.63, 3.8) is 0 Å². The predicted octanol–water partition coefficient (Wildman–Crippen LogP) is 4.28. The third-order valence-corrected chi connectivity index (χ3v) is 8.37. The van der Waals surface area contributed by atoms with Crippen LogP contribution in [0.1, 0.15) is 57.8 Å². The lowest BCUT2D eigenvalue weighted by molar-refractivity contribution is -0.127. The van der Waals surface area contributed by atoms with Crippen LogP contribution in [0.2, 0.25) is 0 Å². The maximum Gasteiger partial charge on any atom is 0.333 e. The summed E-state index contributed by atoms with van der Waals surface area (Å²) in [5.41, 5.74) is -1.90. The first-order valence-corrected chi connectivity index (χ1v) is 14.2. The van der Waals surface area contributed by atoms with Gasteiger partial charge in [0.05, 0.1) is 38.1 Å². The van der Waals surface area contributed by atoms with Gasteiger partial charge in [-0.25, -0.2) is 23.4 Å². The zero-order valence-corrected chi connectivity index (χ0v) is 25.2. The monoisotopic (exact) mass is 596 g/mol. The second kappa shape index (κ2) is 12.4. The van der Waals surface area contributed by atoms with E-state index < -0.39 is 28.7 Å². The van der Waals surface area contributed by atoms with E-state index in [9.17, 15) is 18.8 Å². The van der Waals surface area contributed by atoms with Gasteiger partial charge >= 0.3 is 5.69 Å². The molecule has 11 nitrogen and oxygen atoms in total. The van der Waals surface area contributed by atoms with E-state index in [1.807, 2.05) is 19.9 Å². The molecule has 0 aliphatic heterocycles. The fraction of sp³-hybridized carbons (Fsp3) is 0.448. The van der Waals surface area contributed by atoms with Crippen LogP contribution < -0.4 is 16.0 Å². The van der Waals surface area contributed by atoms with Crippen LogP contribution in [0.5, 0.6) is 5.75 Å². The van der Waals surface area contributed by atoms with Gasteiger partial charge in [-0.2, -0.15) is 10.4 Å². The first-order chi connectivity index (χ1) is 19.9. The number of carbonyl (C=O) groups excluding carboxylic acids is 1. The van der Waals surface area contributed by atoms with E-state index in [4.69, 9.17) is 14.7 Å². The number of thiophene rings is 1. The van der Waals surface area contributed by atoms with E-state index in [1.165, 1.54) is 58.5 Å². The van der Waals surface area contributed by atoms with E-state index in [2.05, 4.69) is 10.1 Å². The van der Waals surface area contributed by atoms with Crippen LogP contribution in [0.3, 0.4) is 0 Å². The van der Waals surface area contributed by atoms with Gasteiger partial charge in [0.25, 0.3) is 5.56 Å². The summed E-state index contributed by atoms with van der Waals surface area (Å²) in [6.45, 7) is 8.50. The molecule has 3 heterocycles. The molecule has 0 aliphatic rings. The minimum atomic E-state index is -1.47. The second-order valence-corrected chi connectivity index (χ2v) is 11.8. The largest absolute Gasteiger partial charge is 0.496 e. The van der Waals surface area contributed by atoms with Gasteiger partial charge in [-0.15, -0.1) is 0 Å². The Bertz CT molecular complexity index is 1760. The minimum absolute atomic E-state index is 0.00437. The van der Waals surface area contributed by atoms with Gasteiger partial charge in [-0.05, 0) is 44.9 Å². The van der Waals surface area contributed by atoms with Crippen molar-refractivity contribution in [1.29, 1.82) is 5.26 Å². The lowest BCUT2D eigenvalue weighted by atomic mass is 9.91. The highest BCUT2D eigenvalue weighted by Crippen LogP contribution is 2.34. The van der Waals surface area contributed by atoms with Gasteiger partial charge in [0, 0.05) is 17.5 Å². The number of rotatable bonds is 12. The number of aromatic nitrogens is 5. The van der Waals surface area contributed by atoms with Crippen molar-refractivity contribution in [3.05, 3.63) is 68.6 Å². The Balaban J connectivity index is 2.03. The third kappa shape index (κ3) is 5.77. The molecule has 222 valence electrons. The molecule has 4 aromatic rings. The van der Waals surface area contributed by atoms with E-state index >= 15 is 0 Å². The standard InChI is InChI=1S/C29H33FN6O5S/c1-17(2)12-23(37)29(4,5)36-25(38)24-18(3)26(35-16-32-15-33-35)42-27(24)34(28(36)39)14-22(41-11-7-10-31)20-13-19(30)8-9-21(20)40-6/h8-9,13,15-17,22H,7,11-12,14H2,1-6H3/t22-/m0/s1. The Morgan fingerprint density at radius 1 is 1.26 bits per heavy atom. The van der Waals surface area contributed by atoms with Gasteiger partial charge in [0.15, 0.2) is 5.78 Å². The molecule has 1 aromatic carbocycles. The van der Waals surface area contributed by atoms with Crippen LogP contribution in [0.25, 0.3) is 15.2 Å². The normalized spacial score (nSPS) is 12.5. The van der Waals surface area contributed by atoms with E-state index in [0.29, 0.717) is 26.7 Å². The number of carbonyl (C=O) groups is 1. The Kier molecular flexibility index (Phi) is 9.08. The molecule has 4 rings (SSSR count). The smallest absolute Gasteiger partial charge is 0.333 e. The summed E-state index contributed by atoms with van der Waals surface area (Å²) >= 11 is 1.17. The molecule has 0 radical (unpaired) electrons. The van der Waals surface area contributed by atoms with Crippen LogP contribution in [-0.2, 0) is 21.6 Å². The summed E-state index contributed by atoms with van der Waals surface area (Å²) in [6.07, 6.45) is 2.13. The summed E-state index contributed by atoms with van der Waals surface area (Å²) in [5.74, 6) is -0.462. The zero-order chi connectivity index (χ0) is 30.8. The molecule has 0 N–H and O–H groups in total. The van der Waals surface area contributed by atoms with Crippen molar-refractivity contribution >= 4 is 27.3 Å². The maximum absolute atomic E-state index is 14.5. The van der Waals surface area contributed by atoms with Crippen LogP contribution >= 0.6 is 11.3 Å². The van der Waals surface area contributed by atoms with Gasteiger partial charge in [0.2, 0.25) is 0 Å². The fourth-order valence-electron chi connectivity index (χ4n) is 4.88. The summed E-state index contributed by atoms with van der Waals surface area (Å²) in [5, 5.41) is 14.1. The fourth-order valence-corrected chi connectivity index (χ4v) is 6.11. The quantitative estimate of drug-likeness (QED) is 0.221. The van der Waals surface area contributed by atoms with Gasteiger partial charge in [-0.1, -0.05) is 25.2 Å². The minimum Gasteiger partial charge on any atom is -0.496 e. The number of ketones is 1. The maximum atomic E-state index is 14.5. The number of aryl methyl sites for hydroxylation is 1. The van der Waals surface area contributed by atoms with E-state index in [1.54, 1.807) is 20.8 Å². The van der Waals surface area contributed by atoms with Crippen LogP contribution in [0.4, 0.5) is 4.39 Å². The highest BCUT2D eigenvalue weighted by molar-refractivity contribution is 7.21. The number of ether oxygens (including phenoxy) is 2. The molecule has 0 fully saturated rings. The topological polar surface area (TPSA) is 134 Å². The molecular formula is C29H33FN6O5S. The number of hydrogen-bond acceptors (Lipinski definition) is 9. The first kappa shape index (κ1) is 30.8. The van der Waals surface area contributed by atoms with Crippen molar-refractivity contribution in [3.8, 4) is 16.8 Å². The molecule has 0 unspecified atom stereocenters. The second-order valence-electron chi connectivity index (χ2n) is 10.8. The van der Waals surface area contributed by atoms with E-state index in [0.717, 1.165) is 4.57 Å². The average molecular weight is 597 g/mol. The number of halogens is 1. The molecular weight excluding hydrogens is 563 g/mol. The van der Waals surface area contributed by atoms with E-state index in [-0.39, 0.29) is 43.1 Å². The SMILES string of the molecule is COc1ccc(F)cc1[C@H](Cn1c(=O)n(C(C)(C)C(=O)CC(C)C)c(=O)c2c(C)c(-n3cncn3)sc21)OCCC#N. The molecule has 3 aromatic heterocycles. The van der Waals surface area contributed by atoms with Crippen LogP contribution in [0, 0.1) is 30.0 Å². The number of benzene rings is 1. The first-order valence-electron chi connectivity index (χ1n) is 13.4. The highest BCUT2D eigenvalue weighted by atomic mass is 32.1. The van der Waals surface area contributed by atoms with Gasteiger partial charge < -0.3 is 9.47 Å². The number of nitriles is 1. The summed E-state index contributed by atoms with van der Waals surface area (Å²) < 4.78 is 29.8. The molecule has 0 amide bonds. The molecule has 0 aliphatic carbocycles. The van der Waals surface area contributed by atoms with Crippen molar-refractivity contribution in [2.24, 2.45) is 5.92 Å².